The van der Waals surface area contributed by atoms with E-state index in [1.807, 2.05) is 39.0 Å². The number of hydrogen-bond acceptors (Lipinski definition) is 5. The Morgan fingerprint density at radius 3 is 2.14 bits per heavy atom. The number of amides is 3. The number of hydrogen-bond donors (Lipinski definition) is 2. The highest BCUT2D eigenvalue weighted by Gasteiger charge is 2.60. The first kappa shape index (κ1) is 21.1. The van der Waals surface area contributed by atoms with Crippen LogP contribution < -0.4 is 20.1 Å². The highest BCUT2D eigenvalue weighted by Crippen LogP contribution is 2.56. The third kappa shape index (κ3) is 3.82. The number of rotatable bonds is 6. The maximum Gasteiger partial charge on any atom is 0.232 e. The molecule has 1 aromatic carbocycles. The van der Waals surface area contributed by atoms with Crippen molar-refractivity contribution in [1.29, 1.82) is 0 Å². The van der Waals surface area contributed by atoms with E-state index in [1.54, 1.807) is 14.2 Å². The van der Waals surface area contributed by atoms with Gasteiger partial charge in [-0.3, -0.25) is 19.7 Å². The lowest BCUT2D eigenvalue weighted by Crippen LogP contribution is -2.63. The third-order valence-electron chi connectivity index (χ3n) is 6.36. The minimum atomic E-state index is -0.771. The van der Waals surface area contributed by atoms with Gasteiger partial charge in [-0.25, -0.2) is 0 Å². The maximum atomic E-state index is 13.1. The molecule has 2 atom stereocenters. The highest BCUT2D eigenvalue weighted by atomic mass is 16.5. The van der Waals surface area contributed by atoms with Crippen LogP contribution in [0.3, 0.4) is 0 Å². The molecule has 0 aromatic heterocycles. The van der Waals surface area contributed by atoms with Gasteiger partial charge in [-0.15, -0.1) is 0 Å². The second-order valence-electron chi connectivity index (χ2n) is 9.19. The second-order valence-corrected chi connectivity index (χ2v) is 9.19. The highest BCUT2D eigenvalue weighted by molar-refractivity contribution is 6.04. The van der Waals surface area contributed by atoms with Gasteiger partial charge in [0.1, 0.15) is 0 Å². The summed E-state index contributed by atoms with van der Waals surface area (Å²) in [6, 6.07) is 5.67. The quantitative estimate of drug-likeness (QED) is 0.712. The maximum absolute atomic E-state index is 13.1. The van der Waals surface area contributed by atoms with E-state index < -0.39 is 16.2 Å². The summed E-state index contributed by atoms with van der Waals surface area (Å²) in [6.45, 7) is 6.01. The molecule has 0 spiro atoms. The molecule has 2 N–H and O–H groups in total. The van der Waals surface area contributed by atoms with Crippen LogP contribution in [0.5, 0.6) is 11.5 Å². The summed E-state index contributed by atoms with van der Waals surface area (Å²) >= 11 is 0. The zero-order valence-corrected chi connectivity index (χ0v) is 17.8. The van der Waals surface area contributed by atoms with Crippen LogP contribution in [0.2, 0.25) is 0 Å². The number of piperidine rings is 1. The molecular formula is C22H30N2O5. The smallest absolute Gasteiger partial charge is 0.232 e. The van der Waals surface area contributed by atoms with E-state index in [0.29, 0.717) is 43.7 Å². The van der Waals surface area contributed by atoms with Gasteiger partial charge in [0.25, 0.3) is 0 Å². The summed E-state index contributed by atoms with van der Waals surface area (Å²) in [7, 11) is 3.17. The Hall–Kier alpha value is -2.57. The van der Waals surface area contributed by atoms with Crippen molar-refractivity contribution in [3.8, 4) is 11.5 Å². The molecule has 2 bridgehead atoms. The Labute approximate surface area is 171 Å². The molecule has 1 aliphatic heterocycles. The molecule has 1 saturated heterocycles. The normalized spacial score (nSPS) is 31.1. The molecule has 3 rings (SSSR count). The Morgan fingerprint density at radius 1 is 1.00 bits per heavy atom. The number of carbonyl (C=O) groups excluding carboxylic acids is 3. The van der Waals surface area contributed by atoms with Gasteiger partial charge in [0.15, 0.2) is 11.5 Å². The molecule has 1 saturated carbocycles. The van der Waals surface area contributed by atoms with Gasteiger partial charge in [0.2, 0.25) is 17.7 Å². The molecule has 2 unspecified atom stereocenters. The SMILES string of the molecule is COc1ccc(CCNC(=O)C2(C)CC3(C)CC(C)(C2)C(=O)NC3=O)cc1OC. The third-order valence-corrected chi connectivity index (χ3v) is 6.36. The second kappa shape index (κ2) is 7.35. The van der Waals surface area contributed by atoms with Crippen LogP contribution in [0.15, 0.2) is 18.2 Å². The van der Waals surface area contributed by atoms with E-state index in [1.165, 1.54) is 0 Å². The average Bonchev–Trinajstić information content (AvgIpc) is 2.65. The van der Waals surface area contributed by atoms with Crippen LogP contribution in [0.25, 0.3) is 0 Å². The van der Waals surface area contributed by atoms with Crippen molar-refractivity contribution >= 4 is 17.7 Å². The molecule has 7 nitrogen and oxygen atoms in total. The van der Waals surface area contributed by atoms with Crippen molar-refractivity contribution in [1.82, 2.24) is 10.6 Å². The van der Waals surface area contributed by atoms with Gasteiger partial charge >= 0.3 is 0 Å². The topological polar surface area (TPSA) is 93.7 Å². The Balaban J connectivity index is 1.67. The zero-order chi connectivity index (χ0) is 21.4. The first-order valence-electron chi connectivity index (χ1n) is 9.90. The number of benzene rings is 1. The van der Waals surface area contributed by atoms with Crippen molar-refractivity contribution in [2.75, 3.05) is 20.8 Å². The predicted molar refractivity (Wildman–Crippen MR) is 108 cm³/mol. The lowest BCUT2D eigenvalue weighted by molar-refractivity contribution is -0.164. The van der Waals surface area contributed by atoms with Crippen molar-refractivity contribution in [3.63, 3.8) is 0 Å². The van der Waals surface area contributed by atoms with E-state index in [4.69, 9.17) is 9.47 Å². The molecule has 1 aliphatic carbocycles. The number of nitrogens with one attached hydrogen (secondary N) is 2. The molecule has 2 fully saturated rings. The molecule has 1 heterocycles. The van der Waals surface area contributed by atoms with Crippen molar-refractivity contribution in [2.24, 2.45) is 16.2 Å². The lowest BCUT2D eigenvalue weighted by atomic mass is 9.52. The fourth-order valence-corrected chi connectivity index (χ4v) is 5.23. The largest absolute Gasteiger partial charge is 0.493 e. The van der Waals surface area contributed by atoms with Crippen LogP contribution in [0.4, 0.5) is 0 Å². The van der Waals surface area contributed by atoms with E-state index >= 15 is 0 Å². The monoisotopic (exact) mass is 402 g/mol. The molecule has 29 heavy (non-hydrogen) atoms. The minimum Gasteiger partial charge on any atom is -0.493 e. The molecule has 3 amide bonds. The first-order valence-corrected chi connectivity index (χ1v) is 9.90. The van der Waals surface area contributed by atoms with Crippen molar-refractivity contribution < 1.29 is 23.9 Å². The van der Waals surface area contributed by atoms with Gasteiger partial charge in [0, 0.05) is 22.8 Å². The number of carbonyl (C=O) groups is 3. The Kier molecular flexibility index (Phi) is 5.36. The summed E-state index contributed by atoms with van der Waals surface area (Å²) in [6.07, 6.45) is 1.98. The fourth-order valence-electron chi connectivity index (χ4n) is 5.23. The van der Waals surface area contributed by atoms with Crippen LogP contribution in [0.1, 0.15) is 45.6 Å². The fraction of sp³-hybridized carbons (Fsp3) is 0.591. The molecular weight excluding hydrogens is 372 g/mol. The standard InChI is InChI=1S/C22H30N2O5/c1-20(11-21(2)13-22(3,12-20)19(27)24-18(21)26)17(25)23-9-8-14-6-7-15(28-4)16(10-14)29-5/h6-7,10H,8-9,11-13H2,1-5H3,(H,23,25)(H,24,26,27). The van der Waals surface area contributed by atoms with Crippen molar-refractivity contribution in [2.45, 2.75) is 46.5 Å². The van der Waals surface area contributed by atoms with Gasteiger partial charge < -0.3 is 14.8 Å². The minimum absolute atomic E-state index is 0.113. The lowest BCUT2D eigenvalue weighted by Gasteiger charge is -2.53. The number of ether oxygens (including phenoxy) is 2. The molecule has 0 radical (unpaired) electrons. The Bertz CT molecular complexity index is 824. The average molecular weight is 402 g/mol. The van der Waals surface area contributed by atoms with E-state index in [9.17, 15) is 14.4 Å². The van der Waals surface area contributed by atoms with Crippen LogP contribution >= 0.6 is 0 Å². The summed E-state index contributed by atoms with van der Waals surface area (Å²) in [4.78, 5) is 37.9. The van der Waals surface area contributed by atoms with E-state index in [0.717, 1.165) is 5.56 Å². The van der Waals surface area contributed by atoms with Crippen LogP contribution in [-0.4, -0.2) is 38.5 Å². The molecule has 7 heteroatoms. The van der Waals surface area contributed by atoms with E-state index in [2.05, 4.69) is 10.6 Å². The number of fused-ring (bicyclic) bond motifs is 2. The summed E-state index contributed by atoms with van der Waals surface area (Å²) < 4.78 is 10.6. The number of imide groups is 1. The predicted octanol–water partition coefficient (Wildman–Crippen LogP) is 2.22. The van der Waals surface area contributed by atoms with Gasteiger partial charge in [-0.1, -0.05) is 26.8 Å². The Morgan fingerprint density at radius 2 is 1.59 bits per heavy atom. The molecule has 2 aliphatic rings. The zero-order valence-electron chi connectivity index (χ0n) is 17.8. The molecule has 1 aromatic rings. The van der Waals surface area contributed by atoms with Crippen LogP contribution in [0, 0.1) is 16.2 Å². The van der Waals surface area contributed by atoms with E-state index in [-0.39, 0.29) is 17.7 Å². The first-order chi connectivity index (χ1) is 13.5. The summed E-state index contributed by atoms with van der Waals surface area (Å²) in [5.74, 6) is 0.644. The van der Waals surface area contributed by atoms with Crippen LogP contribution in [-0.2, 0) is 20.8 Å². The van der Waals surface area contributed by atoms with Gasteiger partial charge in [0.05, 0.1) is 14.2 Å². The summed E-state index contributed by atoms with van der Waals surface area (Å²) in [5.41, 5.74) is -1.18. The molecule has 158 valence electrons. The van der Waals surface area contributed by atoms with Gasteiger partial charge in [-0.05, 0) is 43.4 Å². The number of methoxy groups -OCH3 is 2. The van der Waals surface area contributed by atoms with Gasteiger partial charge in [-0.2, -0.15) is 0 Å². The van der Waals surface area contributed by atoms with Crippen molar-refractivity contribution in [3.05, 3.63) is 23.8 Å². The summed E-state index contributed by atoms with van der Waals surface area (Å²) in [5, 5.41) is 5.50.